The number of carbonyl (C=O) groups excluding carboxylic acids is 2. The first kappa shape index (κ1) is 24.7. The highest BCUT2D eigenvalue weighted by molar-refractivity contribution is 6.30. The number of benzene rings is 2. The van der Waals surface area contributed by atoms with Gasteiger partial charge in [-0.3, -0.25) is 9.59 Å². The number of hydrogen-bond donors (Lipinski definition) is 3. The molecule has 0 spiro atoms. The van der Waals surface area contributed by atoms with E-state index in [2.05, 4.69) is 10.6 Å². The fourth-order valence-electron chi connectivity index (χ4n) is 3.05. The van der Waals surface area contributed by atoms with E-state index in [4.69, 9.17) is 16.3 Å². The smallest absolute Gasteiger partial charge is 0.251 e. The molecule has 2 amide bonds. The van der Waals surface area contributed by atoms with Crippen LogP contribution >= 0.6 is 11.6 Å². The summed E-state index contributed by atoms with van der Waals surface area (Å²) in [5, 5.41) is 16.6. The number of carbonyl (C=O) groups is 2. The zero-order chi connectivity index (χ0) is 23.0. The maximum Gasteiger partial charge on any atom is 0.251 e. The number of halogens is 1. The monoisotopic (exact) mass is 446 g/mol. The summed E-state index contributed by atoms with van der Waals surface area (Å²) in [6, 6.07) is 12.9. The molecule has 3 N–H and O–H groups in total. The van der Waals surface area contributed by atoms with Crippen LogP contribution in [-0.4, -0.2) is 35.6 Å². The van der Waals surface area contributed by atoms with Crippen molar-refractivity contribution >= 4 is 23.4 Å². The second-order valence-corrected chi connectivity index (χ2v) is 8.60. The number of ether oxygens (including phenoxy) is 1. The number of aliphatic hydroxyl groups excluding tert-OH is 1. The summed E-state index contributed by atoms with van der Waals surface area (Å²) >= 11 is 5.87. The Bertz CT molecular complexity index is 868. The molecule has 2 aromatic carbocycles. The minimum atomic E-state index is -0.897. The molecule has 0 radical (unpaired) electrons. The third-order valence-electron chi connectivity index (χ3n) is 4.52. The third kappa shape index (κ3) is 8.23. The maximum absolute atomic E-state index is 12.8. The predicted octanol–water partition coefficient (Wildman–Crippen LogP) is 4.12. The molecule has 0 aliphatic carbocycles. The quantitative estimate of drug-likeness (QED) is 0.512. The topological polar surface area (TPSA) is 87.7 Å². The normalized spacial score (nSPS) is 13.0. The first-order valence-corrected chi connectivity index (χ1v) is 10.8. The molecule has 0 heterocycles. The summed E-state index contributed by atoms with van der Waals surface area (Å²) < 4.78 is 5.65. The third-order valence-corrected chi connectivity index (χ3v) is 4.77. The Morgan fingerprint density at radius 2 is 1.74 bits per heavy atom. The van der Waals surface area contributed by atoms with E-state index in [0.717, 1.165) is 0 Å². The standard InChI is InChI=1S/C24H31ClN2O4/c1-15(2)12-21(27-23(29)17-8-10-19(25)11-9-17)24(30)26-14-22(28)18-6-5-7-20(13-18)31-16(3)4/h5-11,13,15-16,21-22,28H,12,14H2,1-4H3,(H,26,30)(H,27,29). The van der Waals surface area contributed by atoms with E-state index in [1.807, 2.05) is 33.8 Å². The van der Waals surface area contributed by atoms with Crippen LogP contribution in [0.25, 0.3) is 0 Å². The van der Waals surface area contributed by atoms with Crippen LogP contribution in [-0.2, 0) is 4.79 Å². The average Bonchev–Trinajstić information content (AvgIpc) is 2.71. The highest BCUT2D eigenvalue weighted by Gasteiger charge is 2.23. The molecule has 7 heteroatoms. The summed E-state index contributed by atoms with van der Waals surface area (Å²) in [5.74, 6) is 0.156. The van der Waals surface area contributed by atoms with E-state index in [1.165, 1.54) is 0 Å². The number of aliphatic hydroxyl groups is 1. The van der Waals surface area contributed by atoms with Crippen molar-refractivity contribution in [2.75, 3.05) is 6.54 Å². The van der Waals surface area contributed by atoms with Gasteiger partial charge in [-0.15, -0.1) is 0 Å². The van der Waals surface area contributed by atoms with Crippen molar-refractivity contribution in [3.8, 4) is 5.75 Å². The van der Waals surface area contributed by atoms with E-state index in [0.29, 0.717) is 28.3 Å². The summed E-state index contributed by atoms with van der Waals surface area (Å²) in [4.78, 5) is 25.3. The maximum atomic E-state index is 12.8. The Hall–Kier alpha value is -2.57. The molecule has 0 bridgehead atoms. The van der Waals surface area contributed by atoms with Crippen LogP contribution in [0.4, 0.5) is 0 Å². The van der Waals surface area contributed by atoms with Gasteiger partial charge < -0.3 is 20.5 Å². The van der Waals surface area contributed by atoms with Crippen LogP contribution in [0.2, 0.25) is 5.02 Å². The van der Waals surface area contributed by atoms with Crippen LogP contribution in [0.15, 0.2) is 48.5 Å². The zero-order valence-electron chi connectivity index (χ0n) is 18.4. The molecule has 0 aromatic heterocycles. The van der Waals surface area contributed by atoms with Crippen LogP contribution in [0.1, 0.15) is 56.1 Å². The lowest BCUT2D eigenvalue weighted by Gasteiger charge is -2.21. The molecule has 0 fully saturated rings. The number of rotatable bonds is 10. The summed E-state index contributed by atoms with van der Waals surface area (Å²) in [5.41, 5.74) is 1.07. The molecular formula is C24H31ClN2O4. The van der Waals surface area contributed by atoms with Gasteiger partial charge in [0.05, 0.1) is 12.2 Å². The van der Waals surface area contributed by atoms with Crippen LogP contribution in [0.5, 0.6) is 5.75 Å². The van der Waals surface area contributed by atoms with Crippen molar-refractivity contribution < 1.29 is 19.4 Å². The highest BCUT2D eigenvalue weighted by atomic mass is 35.5. The molecule has 2 atom stereocenters. The molecule has 2 aromatic rings. The van der Waals surface area contributed by atoms with E-state index in [9.17, 15) is 14.7 Å². The Kier molecular flexibility index (Phi) is 9.34. The van der Waals surface area contributed by atoms with Gasteiger partial charge in [-0.1, -0.05) is 37.6 Å². The zero-order valence-corrected chi connectivity index (χ0v) is 19.1. The number of amides is 2. The molecule has 0 aliphatic heterocycles. The Morgan fingerprint density at radius 3 is 2.35 bits per heavy atom. The highest BCUT2D eigenvalue weighted by Crippen LogP contribution is 2.20. The summed E-state index contributed by atoms with van der Waals surface area (Å²) in [6.45, 7) is 7.83. The molecular weight excluding hydrogens is 416 g/mol. The lowest BCUT2D eigenvalue weighted by molar-refractivity contribution is -0.123. The van der Waals surface area contributed by atoms with Gasteiger partial charge in [-0.05, 0) is 68.1 Å². The van der Waals surface area contributed by atoms with E-state index in [-0.39, 0.29) is 30.4 Å². The summed E-state index contributed by atoms with van der Waals surface area (Å²) in [7, 11) is 0. The fourth-order valence-corrected chi connectivity index (χ4v) is 3.18. The largest absolute Gasteiger partial charge is 0.491 e. The van der Waals surface area contributed by atoms with Gasteiger partial charge in [0, 0.05) is 17.1 Å². The minimum absolute atomic E-state index is 0.0214. The van der Waals surface area contributed by atoms with Crippen molar-refractivity contribution in [2.24, 2.45) is 5.92 Å². The van der Waals surface area contributed by atoms with Gasteiger partial charge in [-0.2, -0.15) is 0 Å². The van der Waals surface area contributed by atoms with Crippen molar-refractivity contribution in [2.45, 2.75) is 52.4 Å². The fraction of sp³-hybridized carbons (Fsp3) is 0.417. The molecule has 168 valence electrons. The van der Waals surface area contributed by atoms with Crippen molar-refractivity contribution in [1.29, 1.82) is 0 Å². The van der Waals surface area contributed by atoms with Crippen molar-refractivity contribution in [3.63, 3.8) is 0 Å². The minimum Gasteiger partial charge on any atom is -0.491 e. The lowest BCUT2D eigenvalue weighted by atomic mass is 10.0. The summed E-state index contributed by atoms with van der Waals surface area (Å²) in [6.07, 6.45) is -0.404. The van der Waals surface area contributed by atoms with Gasteiger partial charge in [-0.25, -0.2) is 0 Å². The van der Waals surface area contributed by atoms with Crippen LogP contribution < -0.4 is 15.4 Å². The van der Waals surface area contributed by atoms with Gasteiger partial charge in [0.1, 0.15) is 11.8 Å². The SMILES string of the molecule is CC(C)CC(NC(=O)c1ccc(Cl)cc1)C(=O)NCC(O)c1cccc(OC(C)C)c1. The van der Waals surface area contributed by atoms with Crippen LogP contribution in [0, 0.1) is 5.92 Å². The Labute approximate surface area is 189 Å². The molecule has 0 saturated carbocycles. The second-order valence-electron chi connectivity index (χ2n) is 8.16. The van der Waals surface area contributed by atoms with Crippen LogP contribution in [0.3, 0.4) is 0 Å². The van der Waals surface area contributed by atoms with Crippen molar-refractivity contribution in [3.05, 3.63) is 64.7 Å². The number of hydrogen-bond acceptors (Lipinski definition) is 4. The van der Waals surface area contributed by atoms with Gasteiger partial charge in [0.15, 0.2) is 0 Å². The first-order valence-electron chi connectivity index (χ1n) is 10.4. The molecule has 0 aliphatic rings. The molecule has 6 nitrogen and oxygen atoms in total. The Morgan fingerprint density at radius 1 is 1.06 bits per heavy atom. The molecule has 2 rings (SSSR count). The van der Waals surface area contributed by atoms with Gasteiger partial charge in [0.25, 0.3) is 5.91 Å². The first-order chi connectivity index (χ1) is 14.7. The van der Waals surface area contributed by atoms with E-state index >= 15 is 0 Å². The molecule has 0 saturated heterocycles. The average molecular weight is 447 g/mol. The lowest BCUT2D eigenvalue weighted by Crippen LogP contribution is -2.48. The van der Waals surface area contributed by atoms with Gasteiger partial charge >= 0.3 is 0 Å². The van der Waals surface area contributed by atoms with E-state index < -0.39 is 12.1 Å². The Balaban J connectivity index is 2.00. The second kappa shape index (κ2) is 11.7. The molecule has 31 heavy (non-hydrogen) atoms. The molecule has 2 unspecified atom stereocenters. The van der Waals surface area contributed by atoms with Gasteiger partial charge in [0.2, 0.25) is 5.91 Å². The number of nitrogens with one attached hydrogen (secondary N) is 2. The predicted molar refractivity (Wildman–Crippen MR) is 122 cm³/mol. The van der Waals surface area contributed by atoms with E-state index in [1.54, 1.807) is 42.5 Å². The van der Waals surface area contributed by atoms with Crippen molar-refractivity contribution in [1.82, 2.24) is 10.6 Å².